The zero-order valence-electron chi connectivity index (χ0n) is 6.32. The van der Waals surface area contributed by atoms with Gasteiger partial charge in [-0.25, -0.2) is 0 Å². The molecule has 13 heavy (non-hydrogen) atoms. The molecule has 1 aromatic rings. The molecule has 0 atom stereocenters. The minimum atomic E-state index is -0.543. The first kappa shape index (κ1) is 9.48. The van der Waals surface area contributed by atoms with Crippen molar-refractivity contribution in [2.45, 2.75) is 0 Å². The van der Waals surface area contributed by atoms with Crippen LogP contribution in [0.2, 0.25) is 0 Å². The van der Waals surface area contributed by atoms with Gasteiger partial charge in [0.25, 0.3) is 5.69 Å². The molecular weight excluding hydrogens is 238 g/mol. The van der Waals surface area contributed by atoms with Gasteiger partial charge in [-0.3, -0.25) is 10.1 Å². The molecule has 5 nitrogen and oxygen atoms in total. The van der Waals surface area contributed by atoms with Gasteiger partial charge in [0.2, 0.25) is 0 Å². The molecule has 0 saturated carbocycles. The number of hydrogen-bond donors (Lipinski definition) is 1. The highest BCUT2D eigenvalue weighted by Crippen LogP contribution is 2.21. The molecule has 0 spiro atoms. The molecule has 0 radical (unpaired) electrons. The van der Waals surface area contributed by atoms with E-state index in [0.717, 1.165) is 0 Å². The van der Waals surface area contributed by atoms with Gasteiger partial charge in [-0.1, -0.05) is 0 Å². The average molecular weight is 242 g/mol. The number of nitrogens with zero attached hydrogens (tertiary/aromatic N) is 2. The second-order valence-corrected chi connectivity index (χ2v) is 2.59. The normalized spacial score (nSPS) is 8.92. The first-order valence-electron chi connectivity index (χ1n) is 3.24. The maximum Gasteiger partial charge on any atom is 0.270 e. The maximum atomic E-state index is 10.3. The fourth-order valence-corrected chi connectivity index (χ4v) is 1.17. The molecule has 1 N–H and O–H groups in total. The van der Waals surface area contributed by atoms with E-state index in [1.807, 2.05) is 6.07 Å². The van der Waals surface area contributed by atoms with Gasteiger partial charge in [0.05, 0.1) is 16.2 Å². The quantitative estimate of drug-likeness (QED) is 0.489. The van der Waals surface area contributed by atoms with Gasteiger partial charge in [0.15, 0.2) is 0 Å². The smallest absolute Gasteiger partial charge is 0.270 e. The van der Waals surface area contributed by atoms with Crippen LogP contribution in [0.1, 0.15) is 5.56 Å². The average Bonchev–Trinajstić information content (AvgIpc) is 2.16. The molecule has 1 aromatic carbocycles. The lowest BCUT2D eigenvalue weighted by Crippen LogP contribution is -1.91. The Kier molecular flexibility index (Phi) is 2.82. The van der Waals surface area contributed by atoms with Crippen molar-refractivity contribution in [2.75, 3.05) is 4.34 Å². The molecule has 0 aromatic heterocycles. The van der Waals surface area contributed by atoms with Crippen LogP contribution in [0.25, 0.3) is 0 Å². The van der Waals surface area contributed by atoms with Crippen molar-refractivity contribution in [3.63, 3.8) is 0 Å². The van der Waals surface area contributed by atoms with E-state index in [-0.39, 0.29) is 11.3 Å². The minimum Gasteiger partial charge on any atom is -0.321 e. The Balaban J connectivity index is 3.23. The Labute approximate surface area is 82.5 Å². The van der Waals surface area contributed by atoms with Crippen molar-refractivity contribution in [3.8, 4) is 6.07 Å². The van der Waals surface area contributed by atoms with Crippen molar-refractivity contribution in [2.24, 2.45) is 0 Å². The Morgan fingerprint density at radius 1 is 1.62 bits per heavy atom. The van der Waals surface area contributed by atoms with E-state index in [9.17, 15) is 10.1 Å². The zero-order valence-corrected chi connectivity index (χ0v) is 7.91. The van der Waals surface area contributed by atoms with E-state index in [1.54, 1.807) is 0 Å². The molecular formula is C7H4BrN3O2. The van der Waals surface area contributed by atoms with Crippen LogP contribution in [0.4, 0.5) is 11.4 Å². The lowest BCUT2D eigenvalue weighted by Gasteiger charge is -1.99. The van der Waals surface area contributed by atoms with Crippen LogP contribution in [0, 0.1) is 21.4 Å². The topological polar surface area (TPSA) is 79.0 Å². The molecule has 0 unspecified atom stereocenters. The number of nitriles is 1. The Bertz CT molecular complexity index is 386. The number of rotatable bonds is 2. The van der Waals surface area contributed by atoms with E-state index in [2.05, 4.69) is 20.5 Å². The summed E-state index contributed by atoms with van der Waals surface area (Å²) in [5.41, 5.74) is 0.641. The molecule has 0 heterocycles. The molecule has 66 valence electrons. The maximum absolute atomic E-state index is 10.3. The highest BCUT2D eigenvalue weighted by atomic mass is 79.9. The van der Waals surface area contributed by atoms with Crippen LogP contribution < -0.4 is 4.34 Å². The summed E-state index contributed by atoms with van der Waals surface area (Å²) in [7, 11) is 0. The Morgan fingerprint density at radius 2 is 2.31 bits per heavy atom. The summed E-state index contributed by atoms with van der Waals surface area (Å²) in [5, 5.41) is 19.0. The summed E-state index contributed by atoms with van der Waals surface area (Å²) in [6, 6.07) is 5.84. The SMILES string of the molecule is N#Cc1cc([N+](=O)[O-])ccc1NBr. The summed E-state index contributed by atoms with van der Waals surface area (Å²) in [5.74, 6) is 0. The third-order valence-electron chi connectivity index (χ3n) is 1.44. The number of anilines is 1. The highest BCUT2D eigenvalue weighted by molar-refractivity contribution is 9.10. The van der Waals surface area contributed by atoms with E-state index >= 15 is 0 Å². The fourth-order valence-electron chi connectivity index (χ4n) is 0.821. The van der Waals surface area contributed by atoms with Gasteiger partial charge in [-0.05, 0) is 6.07 Å². The summed E-state index contributed by atoms with van der Waals surface area (Å²) in [4.78, 5) is 9.79. The molecule has 0 aliphatic carbocycles. The largest absolute Gasteiger partial charge is 0.321 e. The highest BCUT2D eigenvalue weighted by Gasteiger charge is 2.09. The van der Waals surface area contributed by atoms with Crippen LogP contribution in [-0.2, 0) is 0 Å². The number of hydrogen-bond acceptors (Lipinski definition) is 4. The van der Waals surface area contributed by atoms with Crippen LogP contribution in [-0.4, -0.2) is 4.92 Å². The molecule has 6 heteroatoms. The minimum absolute atomic E-state index is 0.0944. The first-order valence-corrected chi connectivity index (χ1v) is 4.03. The van der Waals surface area contributed by atoms with Crippen LogP contribution in [0.5, 0.6) is 0 Å². The number of nitro benzene ring substituents is 1. The first-order chi connectivity index (χ1) is 6.19. The molecule has 0 saturated heterocycles. The van der Waals surface area contributed by atoms with E-state index in [4.69, 9.17) is 5.26 Å². The van der Waals surface area contributed by atoms with Crippen LogP contribution in [0.3, 0.4) is 0 Å². The van der Waals surface area contributed by atoms with Crippen molar-refractivity contribution in [3.05, 3.63) is 33.9 Å². The number of non-ortho nitro benzene ring substituents is 1. The van der Waals surface area contributed by atoms with Gasteiger partial charge < -0.3 is 4.34 Å². The summed E-state index contributed by atoms with van der Waals surface area (Å²) >= 11 is 2.94. The third kappa shape index (κ3) is 1.95. The van der Waals surface area contributed by atoms with Gasteiger partial charge in [-0.15, -0.1) is 0 Å². The lowest BCUT2D eigenvalue weighted by atomic mass is 10.2. The number of nitrogens with one attached hydrogen (secondary N) is 1. The zero-order chi connectivity index (χ0) is 9.84. The number of benzene rings is 1. The molecule has 0 aliphatic rings. The van der Waals surface area contributed by atoms with Gasteiger partial charge in [0.1, 0.15) is 6.07 Å². The molecule has 0 aliphatic heterocycles. The summed E-state index contributed by atoms with van der Waals surface area (Å²) in [6.07, 6.45) is 0. The van der Waals surface area contributed by atoms with Crippen molar-refractivity contribution in [1.82, 2.24) is 0 Å². The summed E-state index contributed by atoms with van der Waals surface area (Å²) < 4.78 is 2.58. The monoisotopic (exact) mass is 241 g/mol. The second kappa shape index (κ2) is 3.87. The standard InChI is InChI=1S/C7H4BrN3O2/c8-10-7-2-1-6(11(12)13)3-5(7)4-9/h1-3,10H. The number of halogens is 1. The number of nitro groups is 1. The second-order valence-electron chi connectivity index (χ2n) is 2.19. The predicted octanol–water partition coefficient (Wildman–Crippen LogP) is 2.19. The predicted molar refractivity (Wildman–Crippen MR) is 50.4 cm³/mol. The van der Waals surface area contributed by atoms with Crippen molar-refractivity contribution in [1.29, 1.82) is 5.26 Å². The van der Waals surface area contributed by atoms with E-state index in [1.165, 1.54) is 18.2 Å². The Morgan fingerprint density at radius 3 is 2.77 bits per heavy atom. The van der Waals surface area contributed by atoms with E-state index < -0.39 is 4.92 Å². The van der Waals surface area contributed by atoms with Crippen molar-refractivity contribution >= 4 is 27.5 Å². The Hall–Kier alpha value is -1.61. The molecule has 1 rings (SSSR count). The molecule has 0 fully saturated rings. The fraction of sp³-hybridized carbons (Fsp3) is 0. The molecule has 0 amide bonds. The molecule has 0 bridgehead atoms. The van der Waals surface area contributed by atoms with Crippen LogP contribution >= 0.6 is 16.1 Å². The summed E-state index contributed by atoms with van der Waals surface area (Å²) in [6.45, 7) is 0. The van der Waals surface area contributed by atoms with Gasteiger partial charge in [-0.2, -0.15) is 5.26 Å². The van der Waals surface area contributed by atoms with Crippen LogP contribution in [0.15, 0.2) is 18.2 Å². The van der Waals surface area contributed by atoms with Crippen molar-refractivity contribution < 1.29 is 4.92 Å². The van der Waals surface area contributed by atoms with Gasteiger partial charge >= 0.3 is 0 Å². The third-order valence-corrected chi connectivity index (χ3v) is 1.86. The van der Waals surface area contributed by atoms with Gasteiger partial charge in [0, 0.05) is 28.3 Å². The van der Waals surface area contributed by atoms with E-state index in [0.29, 0.717) is 5.69 Å². The lowest BCUT2D eigenvalue weighted by molar-refractivity contribution is -0.384.